The van der Waals surface area contributed by atoms with Crippen molar-refractivity contribution in [3.8, 4) is 5.69 Å². The molecule has 3 N–H and O–H groups in total. The highest BCUT2D eigenvalue weighted by Gasteiger charge is 2.14. The third kappa shape index (κ3) is 3.85. The molecule has 8 nitrogen and oxygen atoms in total. The zero-order chi connectivity index (χ0) is 22.0. The summed E-state index contributed by atoms with van der Waals surface area (Å²) in [6.45, 7) is 3.91. The van der Waals surface area contributed by atoms with E-state index in [1.807, 2.05) is 38.1 Å². The van der Waals surface area contributed by atoms with E-state index in [-0.39, 0.29) is 10.9 Å². The standard InChI is InChI=1S/C17H15FN2O.C5H5N5/c1-3-15-19-14-6-4-5-13(18)16(14)17(21)20(15)12-9-7-11(2)8-10-12;6-4-3-5(9-1-7-3)10-2-8-4/h4-10H,3H2,1-2H3;1-2H,(H3,6,7,8,9,10). The Morgan fingerprint density at radius 3 is 2.58 bits per heavy atom. The van der Waals surface area contributed by atoms with Gasteiger partial charge in [-0.05, 0) is 31.2 Å². The Labute approximate surface area is 176 Å². The van der Waals surface area contributed by atoms with Crippen LogP contribution in [0.4, 0.5) is 10.2 Å². The predicted molar refractivity (Wildman–Crippen MR) is 118 cm³/mol. The van der Waals surface area contributed by atoms with Gasteiger partial charge in [-0.25, -0.2) is 24.3 Å². The first-order chi connectivity index (χ1) is 15.0. The van der Waals surface area contributed by atoms with Crippen LogP contribution in [0.1, 0.15) is 18.3 Å². The summed E-state index contributed by atoms with van der Waals surface area (Å²) in [4.78, 5) is 31.5. The number of aryl methyl sites for hydroxylation is 2. The number of H-pyrrole nitrogens is 1. The van der Waals surface area contributed by atoms with E-state index < -0.39 is 5.82 Å². The molecule has 0 bridgehead atoms. The van der Waals surface area contributed by atoms with Crippen LogP contribution in [0.25, 0.3) is 27.8 Å². The van der Waals surface area contributed by atoms with E-state index in [2.05, 4.69) is 24.9 Å². The van der Waals surface area contributed by atoms with E-state index in [0.717, 1.165) is 5.56 Å². The number of nitrogens with zero attached hydrogens (tertiary/aromatic N) is 5. The summed E-state index contributed by atoms with van der Waals surface area (Å²) in [7, 11) is 0. The molecule has 0 unspecified atom stereocenters. The molecule has 0 radical (unpaired) electrons. The van der Waals surface area contributed by atoms with Crippen molar-refractivity contribution in [2.75, 3.05) is 5.73 Å². The van der Waals surface area contributed by atoms with Crippen molar-refractivity contribution < 1.29 is 4.39 Å². The number of aromatic nitrogens is 6. The van der Waals surface area contributed by atoms with Crippen molar-refractivity contribution in [1.29, 1.82) is 0 Å². The van der Waals surface area contributed by atoms with Crippen LogP contribution in [0.3, 0.4) is 0 Å². The molecule has 0 amide bonds. The van der Waals surface area contributed by atoms with Gasteiger partial charge in [0, 0.05) is 6.42 Å². The first-order valence-corrected chi connectivity index (χ1v) is 9.66. The molecule has 2 aromatic carbocycles. The second kappa shape index (κ2) is 8.31. The highest BCUT2D eigenvalue weighted by atomic mass is 19.1. The minimum absolute atomic E-state index is 0.0373. The molecule has 0 aliphatic rings. The lowest BCUT2D eigenvalue weighted by molar-refractivity contribution is 0.636. The number of hydrogen-bond donors (Lipinski definition) is 2. The predicted octanol–water partition coefficient (Wildman–Crippen LogP) is 3.33. The van der Waals surface area contributed by atoms with Gasteiger partial charge in [-0.1, -0.05) is 30.7 Å². The molecule has 0 fully saturated rings. The SMILES string of the molecule is CCc1nc2cccc(F)c2c(=O)n1-c1ccc(C)cc1.Nc1ncnc2nc[nH]c12. The Morgan fingerprint density at radius 2 is 1.87 bits per heavy atom. The monoisotopic (exact) mass is 417 g/mol. The summed E-state index contributed by atoms with van der Waals surface area (Å²) >= 11 is 0. The minimum atomic E-state index is -0.534. The largest absolute Gasteiger partial charge is 0.382 e. The quantitative estimate of drug-likeness (QED) is 0.455. The van der Waals surface area contributed by atoms with Crippen molar-refractivity contribution in [2.24, 2.45) is 0 Å². The van der Waals surface area contributed by atoms with Gasteiger partial charge >= 0.3 is 0 Å². The first kappa shape index (κ1) is 20.1. The van der Waals surface area contributed by atoms with E-state index >= 15 is 0 Å². The van der Waals surface area contributed by atoms with E-state index in [1.165, 1.54) is 23.3 Å². The zero-order valence-electron chi connectivity index (χ0n) is 17.0. The van der Waals surface area contributed by atoms with Gasteiger partial charge in [-0.3, -0.25) is 9.36 Å². The second-order valence-electron chi connectivity index (χ2n) is 6.85. The number of nitrogen functional groups attached to an aromatic ring is 1. The number of halogens is 1. The van der Waals surface area contributed by atoms with E-state index in [0.29, 0.717) is 40.4 Å². The highest BCUT2D eigenvalue weighted by Crippen LogP contribution is 2.16. The molecule has 3 heterocycles. The molecule has 0 saturated heterocycles. The van der Waals surface area contributed by atoms with Crippen LogP contribution < -0.4 is 11.3 Å². The topological polar surface area (TPSA) is 115 Å². The van der Waals surface area contributed by atoms with Crippen LogP contribution in [0.5, 0.6) is 0 Å². The molecule has 0 aliphatic carbocycles. The third-order valence-electron chi connectivity index (χ3n) is 4.78. The van der Waals surface area contributed by atoms with E-state index in [9.17, 15) is 9.18 Å². The number of nitrogens with one attached hydrogen (secondary N) is 1. The number of nitrogens with two attached hydrogens (primary N) is 1. The van der Waals surface area contributed by atoms with Crippen molar-refractivity contribution in [3.05, 3.63) is 82.7 Å². The van der Waals surface area contributed by atoms with Crippen molar-refractivity contribution in [2.45, 2.75) is 20.3 Å². The van der Waals surface area contributed by atoms with Gasteiger partial charge in [-0.15, -0.1) is 0 Å². The van der Waals surface area contributed by atoms with Gasteiger partial charge in [0.1, 0.15) is 28.9 Å². The Morgan fingerprint density at radius 1 is 1.10 bits per heavy atom. The Balaban J connectivity index is 0.000000192. The Bertz CT molecular complexity index is 1420. The van der Waals surface area contributed by atoms with Gasteiger partial charge in [0.25, 0.3) is 5.56 Å². The third-order valence-corrected chi connectivity index (χ3v) is 4.78. The molecule has 5 rings (SSSR count). The summed E-state index contributed by atoms with van der Waals surface area (Å²) in [6.07, 6.45) is 3.52. The maximum atomic E-state index is 14.0. The van der Waals surface area contributed by atoms with Crippen molar-refractivity contribution in [1.82, 2.24) is 29.5 Å². The van der Waals surface area contributed by atoms with Crippen LogP contribution in [0, 0.1) is 12.7 Å². The van der Waals surface area contributed by atoms with Gasteiger partial charge < -0.3 is 10.7 Å². The van der Waals surface area contributed by atoms with Crippen LogP contribution in [-0.4, -0.2) is 29.5 Å². The Kier molecular flexibility index (Phi) is 5.40. The maximum absolute atomic E-state index is 14.0. The fourth-order valence-electron chi connectivity index (χ4n) is 3.22. The molecule has 0 atom stereocenters. The summed E-state index contributed by atoms with van der Waals surface area (Å²) in [5.74, 6) is 0.526. The van der Waals surface area contributed by atoms with Gasteiger partial charge in [0.15, 0.2) is 11.5 Å². The lowest BCUT2D eigenvalue weighted by Gasteiger charge is -2.13. The van der Waals surface area contributed by atoms with Crippen molar-refractivity contribution >= 4 is 27.9 Å². The van der Waals surface area contributed by atoms with Crippen LogP contribution in [0.15, 0.2) is 59.9 Å². The zero-order valence-corrected chi connectivity index (χ0v) is 17.0. The highest BCUT2D eigenvalue weighted by molar-refractivity contribution is 5.80. The van der Waals surface area contributed by atoms with Crippen molar-refractivity contribution in [3.63, 3.8) is 0 Å². The fourth-order valence-corrected chi connectivity index (χ4v) is 3.22. The van der Waals surface area contributed by atoms with E-state index in [4.69, 9.17) is 5.73 Å². The molecule has 9 heteroatoms. The van der Waals surface area contributed by atoms with Gasteiger partial charge in [0.05, 0.1) is 17.5 Å². The second-order valence-corrected chi connectivity index (χ2v) is 6.85. The lowest BCUT2D eigenvalue weighted by atomic mass is 10.2. The smallest absolute Gasteiger partial charge is 0.268 e. The number of benzene rings is 2. The number of aromatic amines is 1. The first-order valence-electron chi connectivity index (χ1n) is 9.66. The number of hydrogen-bond acceptors (Lipinski definition) is 6. The normalized spacial score (nSPS) is 10.8. The summed E-state index contributed by atoms with van der Waals surface area (Å²) < 4.78 is 15.5. The number of fused-ring (bicyclic) bond motifs is 2. The molecule has 3 aromatic heterocycles. The average molecular weight is 417 g/mol. The van der Waals surface area contributed by atoms with Gasteiger partial charge in [0.2, 0.25) is 0 Å². The summed E-state index contributed by atoms with van der Waals surface area (Å²) in [6, 6.07) is 12.1. The lowest BCUT2D eigenvalue weighted by Crippen LogP contribution is -2.24. The van der Waals surface area contributed by atoms with Gasteiger partial charge in [-0.2, -0.15) is 0 Å². The molecule has 0 saturated carbocycles. The molecule has 0 spiro atoms. The summed E-state index contributed by atoms with van der Waals surface area (Å²) in [5, 5.41) is 0.0373. The molecule has 0 aliphatic heterocycles. The Hall–Kier alpha value is -4.14. The molecular weight excluding hydrogens is 397 g/mol. The number of imidazole rings is 1. The number of anilines is 1. The fraction of sp³-hybridized carbons (Fsp3) is 0.136. The summed E-state index contributed by atoms with van der Waals surface area (Å²) in [5.41, 5.74) is 8.63. The minimum Gasteiger partial charge on any atom is -0.382 e. The molecule has 156 valence electrons. The van der Waals surface area contributed by atoms with E-state index in [1.54, 1.807) is 12.1 Å². The van der Waals surface area contributed by atoms with Crippen LogP contribution in [0.2, 0.25) is 0 Å². The van der Waals surface area contributed by atoms with Crippen LogP contribution in [-0.2, 0) is 6.42 Å². The molecular formula is C22H20FN7O. The molecule has 31 heavy (non-hydrogen) atoms. The maximum Gasteiger partial charge on any atom is 0.268 e. The number of rotatable bonds is 2. The molecule has 5 aromatic rings. The average Bonchev–Trinajstić information content (AvgIpc) is 3.25. The van der Waals surface area contributed by atoms with Crippen LogP contribution >= 0.6 is 0 Å².